The van der Waals surface area contributed by atoms with Crippen molar-refractivity contribution < 1.29 is 9.53 Å². The number of ether oxygens (including phenoxy) is 1. The van der Waals surface area contributed by atoms with Crippen molar-refractivity contribution in [3.8, 4) is 5.75 Å². The van der Waals surface area contributed by atoms with Crippen molar-refractivity contribution in [2.75, 3.05) is 7.11 Å². The van der Waals surface area contributed by atoms with E-state index in [9.17, 15) is 4.79 Å². The molecule has 0 fully saturated rings. The summed E-state index contributed by atoms with van der Waals surface area (Å²) in [4.78, 5) is 12.0. The molecule has 1 aromatic carbocycles. The predicted molar refractivity (Wildman–Crippen MR) is 85.7 cm³/mol. The van der Waals surface area contributed by atoms with Crippen LogP contribution < -0.4 is 15.4 Å². The number of allylic oxidation sites excluding steroid dienone is 1. The molecule has 1 heterocycles. The molecule has 20 heavy (non-hydrogen) atoms. The smallest absolute Gasteiger partial charge is 0.171 e. The number of hydrogen-bond acceptors (Lipinski definition) is 3. The zero-order valence-electron chi connectivity index (χ0n) is 11.4. The Labute approximate surface area is 131 Å². The van der Waals surface area contributed by atoms with Crippen LogP contribution in [0.25, 0.3) is 0 Å². The molecule has 4 nitrogen and oxygen atoms in total. The summed E-state index contributed by atoms with van der Waals surface area (Å²) in [7, 11) is 1.61. The molecule has 0 saturated carbocycles. The molecule has 0 saturated heterocycles. The number of methoxy groups -OCH3 is 1. The Morgan fingerprint density at radius 2 is 2.15 bits per heavy atom. The molecule has 1 atom stereocenters. The molecule has 0 bridgehead atoms. The van der Waals surface area contributed by atoms with Gasteiger partial charge in [-0.05, 0) is 44.3 Å². The maximum Gasteiger partial charge on any atom is 0.171 e. The van der Waals surface area contributed by atoms with Gasteiger partial charge in [0.05, 0.1) is 13.2 Å². The summed E-state index contributed by atoms with van der Waals surface area (Å²) in [6.45, 7) is 3.40. The lowest BCUT2D eigenvalue weighted by atomic mass is 9.92. The molecule has 2 rings (SSSR count). The Hall–Kier alpha value is -1.40. The molecule has 0 spiro atoms. The van der Waals surface area contributed by atoms with Crippen molar-refractivity contribution in [3.05, 3.63) is 39.5 Å². The van der Waals surface area contributed by atoms with Gasteiger partial charge in [0.1, 0.15) is 5.75 Å². The summed E-state index contributed by atoms with van der Waals surface area (Å²) in [5.41, 5.74) is 2.30. The van der Waals surface area contributed by atoms with Gasteiger partial charge in [-0.3, -0.25) is 4.79 Å². The van der Waals surface area contributed by atoms with Gasteiger partial charge < -0.3 is 15.4 Å². The minimum absolute atomic E-state index is 0.00275. The van der Waals surface area contributed by atoms with E-state index in [1.54, 1.807) is 14.0 Å². The Morgan fingerprint density at radius 1 is 1.45 bits per heavy atom. The van der Waals surface area contributed by atoms with Crippen LogP contribution in [0.4, 0.5) is 0 Å². The lowest BCUT2D eigenvalue weighted by molar-refractivity contribution is -0.114. The van der Waals surface area contributed by atoms with Gasteiger partial charge in [-0.1, -0.05) is 15.9 Å². The minimum atomic E-state index is -0.311. The number of thiocarbonyl (C=S) groups is 1. The molecule has 1 aromatic rings. The average Bonchev–Trinajstić information content (AvgIpc) is 2.37. The highest BCUT2D eigenvalue weighted by Gasteiger charge is 2.29. The fourth-order valence-electron chi connectivity index (χ4n) is 2.32. The van der Waals surface area contributed by atoms with Crippen LogP contribution in [0.15, 0.2) is 33.9 Å². The van der Waals surface area contributed by atoms with Gasteiger partial charge in [0.25, 0.3) is 0 Å². The molecule has 0 aromatic heterocycles. The van der Waals surface area contributed by atoms with Crippen LogP contribution in [0.2, 0.25) is 0 Å². The lowest BCUT2D eigenvalue weighted by Gasteiger charge is -2.30. The molecular weight excluding hydrogens is 340 g/mol. The maximum absolute atomic E-state index is 12.0. The zero-order chi connectivity index (χ0) is 14.9. The fourth-order valence-corrected chi connectivity index (χ4v) is 2.97. The number of hydrogen-bond donors (Lipinski definition) is 2. The van der Waals surface area contributed by atoms with E-state index in [1.165, 1.54) is 0 Å². The molecule has 0 aliphatic carbocycles. The van der Waals surface area contributed by atoms with Crippen molar-refractivity contribution in [1.82, 2.24) is 10.6 Å². The number of ketones is 1. The van der Waals surface area contributed by atoms with E-state index in [4.69, 9.17) is 17.0 Å². The summed E-state index contributed by atoms with van der Waals surface area (Å²) < 4.78 is 6.31. The van der Waals surface area contributed by atoms with E-state index < -0.39 is 0 Å². The molecule has 0 radical (unpaired) electrons. The van der Waals surface area contributed by atoms with Crippen LogP contribution in [0.5, 0.6) is 5.75 Å². The van der Waals surface area contributed by atoms with E-state index in [2.05, 4.69) is 26.6 Å². The molecule has 2 N–H and O–H groups in total. The number of carbonyl (C=O) groups excluding carboxylic acids is 1. The van der Waals surface area contributed by atoms with Crippen LogP contribution >= 0.6 is 28.1 Å². The third kappa shape index (κ3) is 2.86. The predicted octanol–water partition coefficient (Wildman–Crippen LogP) is 2.84. The SMILES string of the molecule is COc1ccc(Br)cc1[C@@H]1NC(=S)NC(C)=C1C(C)=O. The van der Waals surface area contributed by atoms with Crippen LogP contribution in [-0.4, -0.2) is 18.0 Å². The van der Waals surface area contributed by atoms with E-state index in [0.29, 0.717) is 16.4 Å². The van der Waals surface area contributed by atoms with Gasteiger partial charge in [-0.25, -0.2) is 0 Å². The number of Topliss-reactive ketones (excluding diaryl/α,β-unsaturated/α-hetero) is 1. The Balaban J connectivity index is 2.59. The highest BCUT2D eigenvalue weighted by molar-refractivity contribution is 9.10. The quantitative estimate of drug-likeness (QED) is 0.817. The molecule has 106 valence electrons. The van der Waals surface area contributed by atoms with Gasteiger partial charge in [0.15, 0.2) is 10.9 Å². The summed E-state index contributed by atoms with van der Waals surface area (Å²) in [6.07, 6.45) is 0. The standard InChI is InChI=1S/C14H15BrN2O2S/c1-7-12(8(2)18)13(17-14(20)16-7)10-6-9(15)4-5-11(10)19-3/h4-6,13H,1-3H3,(H2,16,17,20)/t13-/m0/s1. The van der Waals surface area contributed by atoms with E-state index in [1.807, 2.05) is 25.1 Å². The third-order valence-corrected chi connectivity index (χ3v) is 3.86. The van der Waals surface area contributed by atoms with Gasteiger partial charge in [-0.2, -0.15) is 0 Å². The summed E-state index contributed by atoms with van der Waals surface area (Å²) in [6, 6.07) is 5.37. The third-order valence-electron chi connectivity index (χ3n) is 3.15. The molecule has 0 unspecified atom stereocenters. The molecule has 1 aliphatic heterocycles. The van der Waals surface area contributed by atoms with Crippen molar-refractivity contribution in [3.63, 3.8) is 0 Å². The van der Waals surface area contributed by atoms with Crippen LogP contribution in [0, 0.1) is 0 Å². The first kappa shape index (κ1) is 15.0. The summed E-state index contributed by atoms with van der Waals surface area (Å²) in [5, 5.41) is 6.63. The lowest BCUT2D eigenvalue weighted by Crippen LogP contribution is -2.44. The average molecular weight is 355 g/mol. The topological polar surface area (TPSA) is 50.4 Å². The molecule has 0 amide bonds. The van der Waals surface area contributed by atoms with Gasteiger partial charge in [0.2, 0.25) is 0 Å². The first-order valence-corrected chi connectivity index (χ1v) is 7.26. The first-order valence-electron chi connectivity index (χ1n) is 6.06. The minimum Gasteiger partial charge on any atom is -0.496 e. The Morgan fingerprint density at radius 3 is 2.75 bits per heavy atom. The fraction of sp³-hybridized carbons (Fsp3) is 0.286. The summed E-state index contributed by atoms with van der Waals surface area (Å²) >= 11 is 8.64. The van der Waals surface area contributed by atoms with Gasteiger partial charge >= 0.3 is 0 Å². The van der Waals surface area contributed by atoms with Crippen molar-refractivity contribution in [1.29, 1.82) is 0 Å². The van der Waals surface area contributed by atoms with E-state index in [0.717, 1.165) is 15.7 Å². The molecule has 6 heteroatoms. The van der Waals surface area contributed by atoms with Crippen molar-refractivity contribution in [2.45, 2.75) is 19.9 Å². The molecule has 1 aliphatic rings. The van der Waals surface area contributed by atoms with E-state index in [-0.39, 0.29) is 11.8 Å². The van der Waals surface area contributed by atoms with Crippen molar-refractivity contribution >= 4 is 39.0 Å². The number of carbonyl (C=O) groups is 1. The van der Waals surface area contributed by atoms with Crippen LogP contribution in [0.3, 0.4) is 0 Å². The van der Waals surface area contributed by atoms with Gasteiger partial charge in [0, 0.05) is 21.3 Å². The number of benzene rings is 1. The normalized spacial score (nSPS) is 18.4. The van der Waals surface area contributed by atoms with Gasteiger partial charge in [-0.15, -0.1) is 0 Å². The second kappa shape index (κ2) is 5.93. The number of halogens is 1. The first-order chi connectivity index (χ1) is 9.43. The second-order valence-electron chi connectivity index (χ2n) is 4.51. The highest BCUT2D eigenvalue weighted by Crippen LogP contribution is 2.35. The Bertz CT molecular complexity index is 613. The van der Waals surface area contributed by atoms with Crippen LogP contribution in [-0.2, 0) is 4.79 Å². The number of rotatable bonds is 3. The number of nitrogens with one attached hydrogen (secondary N) is 2. The maximum atomic E-state index is 12.0. The molecular formula is C14H15BrN2O2S. The van der Waals surface area contributed by atoms with E-state index >= 15 is 0 Å². The monoisotopic (exact) mass is 354 g/mol. The zero-order valence-corrected chi connectivity index (χ0v) is 13.8. The highest BCUT2D eigenvalue weighted by atomic mass is 79.9. The second-order valence-corrected chi connectivity index (χ2v) is 5.84. The van der Waals surface area contributed by atoms with Crippen LogP contribution in [0.1, 0.15) is 25.5 Å². The van der Waals surface area contributed by atoms with Crippen molar-refractivity contribution in [2.24, 2.45) is 0 Å². The Kier molecular flexibility index (Phi) is 4.45. The largest absolute Gasteiger partial charge is 0.496 e. The summed E-state index contributed by atoms with van der Waals surface area (Å²) in [5.74, 6) is 0.707.